The minimum absolute atomic E-state index is 0.302. The predicted molar refractivity (Wildman–Crippen MR) is 73.1 cm³/mol. The van der Waals surface area contributed by atoms with Gasteiger partial charge < -0.3 is 4.74 Å². The number of esters is 1. The van der Waals surface area contributed by atoms with Gasteiger partial charge in [-0.3, -0.25) is 0 Å². The van der Waals surface area contributed by atoms with Crippen molar-refractivity contribution in [3.63, 3.8) is 0 Å². The Hall–Kier alpha value is -1.05. The van der Waals surface area contributed by atoms with Gasteiger partial charge in [0.15, 0.2) is 0 Å². The molecule has 0 N–H and O–H groups in total. The van der Waals surface area contributed by atoms with Crippen molar-refractivity contribution in [2.75, 3.05) is 6.61 Å². The molecule has 0 amide bonds. The number of hydrogen-bond acceptors (Lipinski definition) is 2. The Balaban J connectivity index is 1.44. The summed E-state index contributed by atoms with van der Waals surface area (Å²) in [6.07, 6.45) is 15.1. The molecule has 3 unspecified atom stereocenters. The van der Waals surface area contributed by atoms with Gasteiger partial charge in [0.05, 0.1) is 6.61 Å². The topological polar surface area (TPSA) is 26.3 Å². The van der Waals surface area contributed by atoms with E-state index in [1.54, 1.807) is 0 Å². The van der Waals surface area contributed by atoms with Crippen LogP contribution in [0.2, 0.25) is 0 Å². The number of hydrogen-bond donors (Lipinski definition) is 0. The van der Waals surface area contributed by atoms with E-state index < -0.39 is 0 Å². The summed E-state index contributed by atoms with van der Waals surface area (Å²) in [5.74, 6) is 2.45. The Kier molecular flexibility index (Phi) is 5.03. The normalized spacial score (nSPS) is 28.6. The molecule has 2 rings (SSSR count). The molecule has 2 nitrogen and oxygen atoms in total. The molecular formula is C16H24O2. The number of unbranched alkanes of at least 4 members (excludes halogenated alkanes) is 3. The van der Waals surface area contributed by atoms with Gasteiger partial charge in [-0.1, -0.05) is 38.0 Å². The molecule has 0 aromatic carbocycles. The molecule has 18 heavy (non-hydrogen) atoms. The third-order valence-electron chi connectivity index (χ3n) is 4.30. The largest absolute Gasteiger partial charge is 0.463 e. The zero-order chi connectivity index (χ0) is 12.8. The average molecular weight is 248 g/mol. The first-order chi connectivity index (χ1) is 8.79. The third-order valence-corrected chi connectivity index (χ3v) is 4.30. The lowest BCUT2D eigenvalue weighted by Crippen LogP contribution is -2.06. The molecule has 1 fully saturated rings. The summed E-state index contributed by atoms with van der Waals surface area (Å²) < 4.78 is 4.95. The summed E-state index contributed by atoms with van der Waals surface area (Å²) in [4.78, 5) is 10.8. The molecule has 2 heteroatoms. The fourth-order valence-electron chi connectivity index (χ4n) is 3.32. The fourth-order valence-corrected chi connectivity index (χ4v) is 3.32. The average Bonchev–Trinajstić information content (AvgIpc) is 2.99. The predicted octanol–water partition coefficient (Wildman–Crippen LogP) is 3.88. The van der Waals surface area contributed by atoms with Crippen molar-refractivity contribution in [1.29, 1.82) is 0 Å². The van der Waals surface area contributed by atoms with Crippen LogP contribution in [-0.2, 0) is 9.53 Å². The van der Waals surface area contributed by atoms with Crippen molar-refractivity contribution in [2.45, 2.75) is 44.9 Å². The van der Waals surface area contributed by atoms with Crippen LogP contribution in [-0.4, -0.2) is 12.6 Å². The van der Waals surface area contributed by atoms with Crippen LogP contribution < -0.4 is 0 Å². The molecule has 2 aliphatic carbocycles. The molecule has 0 aromatic heterocycles. The summed E-state index contributed by atoms with van der Waals surface area (Å²) in [5, 5.41) is 0. The highest BCUT2D eigenvalue weighted by Crippen LogP contribution is 2.45. The molecule has 1 saturated carbocycles. The molecule has 0 aliphatic heterocycles. The van der Waals surface area contributed by atoms with Crippen LogP contribution in [0.1, 0.15) is 44.9 Å². The van der Waals surface area contributed by atoms with Gasteiger partial charge in [0.2, 0.25) is 0 Å². The lowest BCUT2D eigenvalue weighted by atomic mass is 9.88. The standard InChI is InChI=1S/C16H24O2/c1-2-16(17)18-10-6-4-3-5-7-14-11-13-8-9-15(14)12-13/h2,8-9,13-15H,1,3-7,10-12H2. The van der Waals surface area contributed by atoms with Gasteiger partial charge in [-0.2, -0.15) is 0 Å². The maximum absolute atomic E-state index is 10.8. The lowest BCUT2D eigenvalue weighted by Gasteiger charge is -2.17. The highest BCUT2D eigenvalue weighted by Gasteiger charge is 2.34. The van der Waals surface area contributed by atoms with Gasteiger partial charge in [0.25, 0.3) is 0 Å². The number of fused-ring (bicyclic) bond motifs is 2. The van der Waals surface area contributed by atoms with Crippen LogP contribution in [0.25, 0.3) is 0 Å². The minimum atomic E-state index is -0.302. The fraction of sp³-hybridized carbons (Fsp3) is 0.688. The van der Waals surface area contributed by atoms with E-state index in [2.05, 4.69) is 18.7 Å². The van der Waals surface area contributed by atoms with Gasteiger partial charge in [0.1, 0.15) is 0 Å². The molecule has 0 heterocycles. The Bertz CT molecular complexity index is 319. The van der Waals surface area contributed by atoms with Crippen molar-refractivity contribution < 1.29 is 9.53 Å². The van der Waals surface area contributed by atoms with Crippen LogP contribution in [0.4, 0.5) is 0 Å². The molecule has 2 aliphatic rings. The van der Waals surface area contributed by atoms with E-state index in [4.69, 9.17) is 4.74 Å². The van der Waals surface area contributed by atoms with Crippen molar-refractivity contribution in [3.05, 3.63) is 24.8 Å². The van der Waals surface area contributed by atoms with E-state index in [1.807, 2.05) is 0 Å². The Morgan fingerprint density at radius 2 is 2.06 bits per heavy atom. The monoisotopic (exact) mass is 248 g/mol. The van der Waals surface area contributed by atoms with Gasteiger partial charge in [-0.15, -0.1) is 0 Å². The zero-order valence-corrected chi connectivity index (χ0v) is 11.1. The van der Waals surface area contributed by atoms with Gasteiger partial charge in [-0.05, 0) is 43.4 Å². The highest BCUT2D eigenvalue weighted by molar-refractivity contribution is 5.81. The van der Waals surface area contributed by atoms with Gasteiger partial charge in [0, 0.05) is 6.08 Å². The van der Waals surface area contributed by atoms with E-state index >= 15 is 0 Å². The minimum Gasteiger partial charge on any atom is -0.463 e. The van der Waals surface area contributed by atoms with Crippen LogP contribution in [0.3, 0.4) is 0 Å². The maximum atomic E-state index is 10.8. The Morgan fingerprint density at radius 3 is 2.72 bits per heavy atom. The quantitative estimate of drug-likeness (QED) is 0.282. The van der Waals surface area contributed by atoms with E-state index in [0.29, 0.717) is 6.61 Å². The molecule has 100 valence electrons. The zero-order valence-electron chi connectivity index (χ0n) is 11.1. The third kappa shape index (κ3) is 3.72. The second-order valence-electron chi connectivity index (χ2n) is 5.61. The summed E-state index contributed by atoms with van der Waals surface area (Å²) >= 11 is 0. The highest BCUT2D eigenvalue weighted by atomic mass is 16.5. The SMILES string of the molecule is C=CC(=O)OCCCCCCC1CC2C=CC1C2. The van der Waals surface area contributed by atoms with Crippen molar-refractivity contribution in [1.82, 2.24) is 0 Å². The Morgan fingerprint density at radius 1 is 1.22 bits per heavy atom. The number of carbonyl (C=O) groups is 1. The van der Waals surface area contributed by atoms with Crippen molar-refractivity contribution in [3.8, 4) is 0 Å². The van der Waals surface area contributed by atoms with Crippen molar-refractivity contribution in [2.24, 2.45) is 17.8 Å². The van der Waals surface area contributed by atoms with Crippen LogP contribution >= 0.6 is 0 Å². The van der Waals surface area contributed by atoms with Gasteiger partial charge in [-0.25, -0.2) is 4.79 Å². The number of carbonyl (C=O) groups excluding carboxylic acids is 1. The molecule has 3 atom stereocenters. The van der Waals surface area contributed by atoms with Gasteiger partial charge >= 0.3 is 5.97 Å². The summed E-state index contributed by atoms with van der Waals surface area (Å²) in [6, 6.07) is 0. The number of ether oxygens (including phenoxy) is 1. The molecule has 0 saturated heterocycles. The Labute approximate surface area is 110 Å². The van der Waals surface area contributed by atoms with E-state index in [-0.39, 0.29) is 5.97 Å². The van der Waals surface area contributed by atoms with E-state index in [9.17, 15) is 4.79 Å². The first-order valence-electron chi connectivity index (χ1n) is 7.27. The van der Waals surface area contributed by atoms with Crippen LogP contribution in [0.5, 0.6) is 0 Å². The van der Waals surface area contributed by atoms with Crippen LogP contribution in [0, 0.1) is 17.8 Å². The molecule has 0 aromatic rings. The summed E-state index contributed by atoms with van der Waals surface area (Å²) in [6.45, 7) is 3.92. The second-order valence-corrected chi connectivity index (χ2v) is 5.61. The smallest absolute Gasteiger partial charge is 0.330 e. The molecular weight excluding hydrogens is 224 g/mol. The van der Waals surface area contributed by atoms with E-state index in [0.717, 1.165) is 24.2 Å². The second kappa shape index (κ2) is 6.77. The summed E-state index contributed by atoms with van der Waals surface area (Å²) in [5.41, 5.74) is 0. The number of rotatable bonds is 8. The molecule has 0 spiro atoms. The first kappa shape index (κ1) is 13.4. The van der Waals surface area contributed by atoms with E-state index in [1.165, 1.54) is 44.6 Å². The molecule has 0 radical (unpaired) electrons. The first-order valence-corrected chi connectivity index (χ1v) is 7.27. The summed E-state index contributed by atoms with van der Waals surface area (Å²) in [7, 11) is 0. The lowest BCUT2D eigenvalue weighted by molar-refractivity contribution is -0.137. The van der Waals surface area contributed by atoms with Crippen molar-refractivity contribution >= 4 is 5.97 Å². The number of allylic oxidation sites excluding steroid dienone is 2. The molecule has 2 bridgehead atoms. The maximum Gasteiger partial charge on any atom is 0.330 e. The van der Waals surface area contributed by atoms with Crippen LogP contribution in [0.15, 0.2) is 24.8 Å².